The van der Waals surface area contributed by atoms with Crippen LogP contribution < -0.4 is 14.8 Å². The van der Waals surface area contributed by atoms with Gasteiger partial charge in [0, 0.05) is 29.0 Å². The third kappa shape index (κ3) is 4.94. The van der Waals surface area contributed by atoms with Gasteiger partial charge >= 0.3 is 5.97 Å². The Kier molecular flexibility index (Phi) is 7.31. The molecule has 1 heterocycles. The molecule has 0 aromatic heterocycles. The highest BCUT2D eigenvalue weighted by atomic mass is 16.5. The molecule has 2 aliphatic rings. The highest BCUT2D eigenvalue weighted by Crippen LogP contribution is 2.47. The zero-order chi connectivity index (χ0) is 26.6. The molecule has 0 radical (unpaired) electrons. The first-order chi connectivity index (χ1) is 18.5. The van der Waals surface area contributed by atoms with Crippen LogP contribution in [0.1, 0.15) is 48.3 Å². The molecule has 3 aromatic carbocycles. The smallest absolute Gasteiger partial charge is 0.337 e. The van der Waals surface area contributed by atoms with E-state index < -0.39 is 11.9 Å². The second kappa shape index (κ2) is 11.0. The predicted octanol–water partition coefficient (Wildman–Crippen LogP) is 5.81. The van der Waals surface area contributed by atoms with Crippen molar-refractivity contribution in [1.82, 2.24) is 5.32 Å². The fourth-order valence-electron chi connectivity index (χ4n) is 5.44. The van der Waals surface area contributed by atoms with Crippen molar-refractivity contribution < 1.29 is 23.8 Å². The average molecular weight is 510 g/mol. The van der Waals surface area contributed by atoms with Crippen molar-refractivity contribution in [2.45, 2.75) is 38.2 Å². The molecule has 2 atom stereocenters. The summed E-state index contributed by atoms with van der Waals surface area (Å²) in [5.41, 5.74) is 5.31. The van der Waals surface area contributed by atoms with Gasteiger partial charge in [-0.25, -0.2) is 4.79 Å². The second-order valence-electron chi connectivity index (χ2n) is 9.59. The van der Waals surface area contributed by atoms with E-state index >= 15 is 0 Å². The van der Waals surface area contributed by atoms with Gasteiger partial charge in [0.05, 0.1) is 25.7 Å². The number of nitrogens with one attached hydrogen (secondary N) is 1. The number of dihydropyridines is 1. The molecule has 0 fully saturated rings. The summed E-state index contributed by atoms with van der Waals surface area (Å²) in [6.45, 7) is 2.02. The van der Waals surface area contributed by atoms with E-state index in [1.807, 2.05) is 85.8 Å². The maximum atomic E-state index is 13.8. The van der Waals surface area contributed by atoms with Gasteiger partial charge in [-0.15, -0.1) is 0 Å². The quantitative estimate of drug-likeness (QED) is 0.405. The molecule has 0 unspecified atom stereocenters. The number of hydrogen-bond acceptors (Lipinski definition) is 6. The lowest BCUT2D eigenvalue weighted by Gasteiger charge is -2.37. The van der Waals surface area contributed by atoms with Gasteiger partial charge in [0.25, 0.3) is 0 Å². The van der Waals surface area contributed by atoms with Crippen molar-refractivity contribution in [1.29, 1.82) is 0 Å². The van der Waals surface area contributed by atoms with Crippen LogP contribution in [0.25, 0.3) is 0 Å². The first kappa shape index (κ1) is 25.3. The monoisotopic (exact) mass is 509 g/mol. The van der Waals surface area contributed by atoms with Gasteiger partial charge in [-0.1, -0.05) is 60.7 Å². The van der Waals surface area contributed by atoms with Crippen molar-refractivity contribution in [3.63, 3.8) is 0 Å². The molecule has 0 amide bonds. The lowest BCUT2D eigenvalue weighted by Crippen LogP contribution is -2.36. The minimum atomic E-state index is -0.588. The molecule has 0 saturated heterocycles. The molecule has 3 aromatic rings. The van der Waals surface area contributed by atoms with E-state index in [1.165, 1.54) is 0 Å². The number of benzene rings is 3. The molecule has 6 nitrogen and oxygen atoms in total. The fourth-order valence-corrected chi connectivity index (χ4v) is 5.44. The zero-order valence-corrected chi connectivity index (χ0v) is 21.8. The Bertz CT molecular complexity index is 1410. The number of rotatable bonds is 7. The molecule has 0 bridgehead atoms. The average Bonchev–Trinajstić information content (AvgIpc) is 2.95. The SMILES string of the molecule is COc1ccc([C@H]2CC(=O)C3=C(C2)NC(C)=C(C(=O)OCc2ccccc2)[C@@H]3c2ccccc2OC)cc1. The highest BCUT2D eigenvalue weighted by molar-refractivity contribution is 6.04. The molecular formula is C32H31NO5. The minimum Gasteiger partial charge on any atom is -0.497 e. The molecular weight excluding hydrogens is 478 g/mol. The Morgan fingerprint density at radius 2 is 1.61 bits per heavy atom. The van der Waals surface area contributed by atoms with Crippen molar-refractivity contribution in [3.8, 4) is 11.5 Å². The molecule has 194 valence electrons. The van der Waals surface area contributed by atoms with Crippen LogP contribution in [0.3, 0.4) is 0 Å². The van der Waals surface area contributed by atoms with Crippen LogP contribution in [-0.2, 0) is 20.9 Å². The van der Waals surface area contributed by atoms with Crippen molar-refractivity contribution >= 4 is 11.8 Å². The van der Waals surface area contributed by atoms with E-state index in [0.29, 0.717) is 35.4 Å². The summed E-state index contributed by atoms with van der Waals surface area (Å²) in [4.78, 5) is 27.4. The highest BCUT2D eigenvalue weighted by Gasteiger charge is 2.42. The standard InChI is InChI=1S/C32H31NO5/c1-20-29(32(35)38-19-21-9-5-4-6-10-21)30(25-11-7-8-12-28(25)37-3)31-26(33-20)17-23(18-27(31)34)22-13-15-24(36-2)16-14-22/h4-16,23,30,33H,17-19H2,1-3H3/t23-,30+/m1/s1. The summed E-state index contributed by atoms with van der Waals surface area (Å²) in [7, 11) is 3.24. The summed E-state index contributed by atoms with van der Waals surface area (Å²) in [5, 5.41) is 3.41. The Morgan fingerprint density at radius 1 is 0.895 bits per heavy atom. The molecule has 1 aliphatic carbocycles. The van der Waals surface area contributed by atoms with E-state index in [9.17, 15) is 9.59 Å². The van der Waals surface area contributed by atoms with E-state index in [-0.39, 0.29) is 18.3 Å². The molecule has 1 aliphatic heterocycles. The lowest BCUT2D eigenvalue weighted by molar-refractivity contribution is -0.140. The first-order valence-corrected chi connectivity index (χ1v) is 12.7. The van der Waals surface area contributed by atoms with E-state index in [0.717, 1.165) is 28.1 Å². The van der Waals surface area contributed by atoms with Crippen LogP contribution in [0.15, 0.2) is 101 Å². The van der Waals surface area contributed by atoms with Crippen LogP contribution in [0.4, 0.5) is 0 Å². The van der Waals surface area contributed by atoms with Crippen LogP contribution in [-0.4, -0.2) is 26.0 Å². The number of ether oxygens (including phenoxy) is 3. The Hall–Kier alpha value is -4.32. The molecule has 5 rings (SSSR count). The van der Waals surface area contributed by atoms with Crippen LogP contribution in [0.2, 0.25) is 0 Å². The fraction of sp³-hybridized carbons (Fsp3) is 0.250. The molecule has 6 heteroatoms. The number of para-hydroxylation sites is 1. The summed E-state index contributed by atoms with van der Waals surface area (Å²) in [5.74, 6) is 0.396. The maximum absolute atomic E-state index is 13.8. The third-order valence-electron chi connectivity index (χ3n) is 7.30. The Balaban J connectivity index is 1.52. The van der Waals surface area contributed by atoms with Crippen molar-refractivity contribution in [2.24, 2.45) is 0 Å². The number of carbonyl (C=O) groups is 2. The van der Waals surface area contributed by atoms with E-state index in [1.54, 1.807) is 14.2 Å². The van der Waals surface area contributed by atoms with Crippen molar-refractivity contribution in [3.05, 3.63) is 118 Å². The van der Waals surface area contributed by atoms with Gasteiger partial charge in [0.1, 0.15) is 18.1 Å². The second-order valence-corrected chi connectivity index (χ2v) is 9.59. The Morgan fingerprint density at radius 3 is 2.32 bits per heavy atom. The third-order valence-corrected chi connectivity index (χ3v) is 7.30. The van der Waals surface area contributed by atoms with Crippen LogP contribution in [0.5, 0.6) is 11.5 Å². The Labute approximate surface area is 222 Å². The van der Waals surface area contributed by atoms with E-state index in [2.05, 4.69) is 5.32 Å². The number of carbonyl (C=O) groups excluding carboxylic acids is 2. The number of allylic oxidation sites excluding steroid dienone is 3. The predicted molar refractivity (Wildman–Crippen MR) is 145 cm³/mol. The lowest BCUT2D eigenvalue weighted by atomic mass is 9.71. The van der Waals surface area contributed by atoms with Gasteiger partial charge in [-0.2, -0.15) is 0 Å². The summed E-state index contributed by atoms with van der Waals surface area (Å²) < 4.78 is 16.7. The molecule has 38 heavy (non-hydrogen) atoms. The number of esters is 1. The topological polar surface area (TPSA) is 73.9 Å². The van der Waals surface area contributed by atoms with Gasteiger partial charge < -0.3 is 19.5 Å². The maximum Gasteiger partial charge on any atom is 0.337 e. The van der Waals surface area contributed by atoms with Crippen molar-refractivity contribution in [2.75, 3.05) is 14.2 Å². The number of Topliss-reactive ketones (excluding diaryl/α,β-unsaturated/α-hetero) is 1. The molecule has 1 N–H and O–H groups in total. The van der Waals surface area contributed by atoms with Crippen LogP contribution in [0, 0.1) is 0 Å². The first-order valence-electron chi connectivity index (χ1n) is 12.7. The number of ketones is 1. The summed E-state index contributed by atoms with van der Waals surface area (Å²) in [6, 6.07) is 25.0. The normalized spacial score (nSPS) is 19.0. The molecule has 0 saturated carbocycles. The number of hydrogen-bond donors (Lipinski definition) is 1. The molecule has 0 spiro atoms. The largest absolute Gasteiger partial charge is 0.497 e. The zero-order valence-electron chi connectivity index (χ0n) is 21.8. The summed E-state index contributed by atoms with van der Waals surface area (Å²) >= 11 is 0. The summed E-state index contributed by atoms with van der Waals surface area (Å²) in [6.07, 6.45) is 1.01. The minimum absolute atomic E-state index is 0.0105. The number of methoxy groups -OCH3 is 2. The van der Waals surface area contributed by atoms with E-state index in [4.69, 9.17) is 14.2 Å². The van der Waals surface area contributed by atoms with Gasteiger partial charge in [0.2, 0.25) is 0 Å². The van der Waals surface area contributed by atoms with Gasteiger partial charge in [-0.3, -0.25) is 4.79 Å². The van der Waals surface area contributed by atoms with Gasteiger partial charge in [0.15, 0.2) is 5.78 Å². The van der Waals surface area contributed by atoms with Crippen LogP contribution >= 0.6 is 0 Å². The van der Waals surface area contributed by atoms with Gasteiger partial charge in [-0.05, 0) is 48.6 Å².